The number of nitrogens with zero attached hydrogens (tertiary/aromatic N) is 2. The van der Waals surface area contributed by atoms with Crippen molar-refractivity contribution < 1.29 is 28.9 Å². The number of aromatic nitrogens is 1. The molecule has 1 aliphatic rings. The summed E-state index contributed by atoms with van der Waals surface area (Å²) in [6.07, 6.45) is 0.154. The first-order chi connectivity index (χ1) is 12.8. The molecule has 0 saturated heterocycles. The van der Waals surface area contributed by atoms with Gasteiger partial charge < -0.3 is 20.3 Å². The Kier molecular flexibility index (Phi) is 4.93. The Hall–Kier alpha value is -2.87. The van der Waals surface area contributed by atoms with Crippen LogP contribution in [0.25, 0.3) is 0 Å². The van der Waals surface area contributed by atoms with Crippen LogP contribution in [0, 0.1) is 11.0 Å². The molecule has 3 rings (SSSR count). The molecule has 0 saturated carbocycles. The summed E-state index contributed by atoms with van der Waals surface area (Å²) < 4.78 is 13.5. The molecule has 0 spiro atoms. The van der Waals surface area contributed by atoms with Crippen LogP contribution in [0.5, 0.6) is 5.75 Å². The van der Waals surface area contributed by atoms with Crippen molar-refractivity contribution in [3.63, 3.8) is 0 Å². The predicted octanol–water partition coefficient (Wildman–Crippen LogP) is 2.28. The second-order valence-corrected chi connectivity index (χ2v) is 6.58. The van der Waals surface area contributed by atoms with Crippen LogP contribution in [0.2, 0.25) is 5.02 Å². The van der Waals surface area contributed by atoms with E-state index in [0.717, 1.165) is 0 Å². The standard InChI is InChI=1S/C18H16ClFN2O5/c1-2-13-16(23)14-10(15(18(25)26)22(13)27)5-6-21(17(14)24)8-9-3-4-12(20)11(19)7-9/h3-4,7,23H,2,5-6,8H2,1H3,(H,25,26). The number of rotatable bonds is 4. The zero-order valence-electron chi connectivity index (χ0n) is 14.3. The van der Waals surface area contributed by atoms with Crippen LogP contribution < -0.4 is 4.73 Å². The molecule has 0 radical (unpaired) electrons. The Labute approximate surface area is 158 Å². The normalized spacial score (nSPS) is 13.6. The number of aromatic hydroxyl groups is 1. The van der Waals surface area contributed by atoms with E-state index in [0.29, 0.717) is 5.56 Å². The number of amides is 1. The van der Waals surface area contributed by atoms with Gasteiger partial charge in [0.05, 0.1) is 16.1 Å². The molecule has 1 amide bonds. The van der Waals surface area contributed by atoms with Gasteiger partial charge in [-0.2, -0.15) is 4.73 Å². The summed E-state index contributed by atoms with van der Waals surface area (Å²) in [4.78, 5) is 25.8. The van der Waals surface area contributed by atoms with Gasteiger partial charge in [-0.25, -0.2) is 9.18 Å². The lowest BCUT2D eigenvalue weighted by Crippen LogP contribution is -2.45. The molecule has 0 fully saturated rings. The summed E-state index contributed by atoms with van der Waals surface area (Å²) in [5.74, 6) is -3.12. The van der Waals surface area contributed by atoms with Crippen LogP contribution in [0.1, 0.15) is 44.6 Å². The van der Waals surface area contributed by atoms with Gasteiger partial charge in [-0.3, -0.25) is 4.79 Å². The molecule has 0 bridgehead atoms. The number of carbonyl (C=O) groups excluding carboxylic acids is 1. The Morgan fingerprint density at radius 2 is 2.15 bits per heavy atom. The molecule has 142 valence electrons. The average molecular weight is 395 g/mol. The number of carboxylic acid groups (broad SMARTS) is 1. The van der Waals surface area contributed by atoms with Crippen molar-refractivity contribution in [2.24, 2.45) is 0 Å². The van der Waals surface area contributed by atoms with E-state index in [1.807, 2.05) is 0 Å². The number of hydrogen-bond donors (Lipinski definition) is 2. The molecular weight excluding hydrogens is 379 g/mol. The fourth-order valence-corrected chi connectivity index (χ4v) is 3.48. The number of benzene rings is 1. The van der Waals surface area contributed by atoms with Crippen molar-refractivity contribution >= 4 is 23.5 Å². The van der Waals surface area contributed by atoms with Crippen LogP contribution in [0.4, 0.5) is 4.39 Å². The fourth-order valence-electron chi connectivity index (χ4n) is 3.28. The van der Waals surface area contributed by atoms with E-state index in [1.54, 1.807) is 6.92 Å². The number of halogens is 2. The van der Waals surface area contributed by atoms with Crippen LogP contribution >= 0.6 is 11.6 Å². The second kappa shape index (κ2) is 7.03. The van der Waals surface area contributed by atoms with Crippen molar-refractivity contribution in [3.8, 4) is 5.75 Å². The van der Waals surface area contributed by atoms with E-state index in [9.17, 15) is 29.4 Å². The molecule has 0 atom stereocenters. The second-order valence-electron chi connectivity index (χ2n) is 6.18. The summed E-state index contributed by atoms with van der Waals surface area (Å²) >= 11 is 5.77. The first kappa shape index (κ1) is 18.9. The van der Waals surface area contributed by atoms with Gasteiger partial charge in [0.1, 0.15) is 5.82 Å². The van der Waals surface area contributed by atoms with Crippen molar-refractivity contribution in [3.05, 3.63) is 62.3 Å². The molecule has 0 unspecified atom stereocenters. The van der Waals surface area contributed by atoms with Crippen molar-refractivity contribution in [2.45, 2.75) is 26.3 Å². The average Bonchev–Trinajstić information content (AvgIpc) is 2.60. The molecule has 2 N–H and O–H groups in total. The van der Waals surface area contributed by atoms with Crippen LogP contribution in [0.15, 0.2) is 18.2 Å². The minimum Gasteiger partial charge on any atom is -0.618 e. The highest BCUT2D eigenvalue weighted by atomic mass is 35.5. The SMILES string of the molecule is CCc1c(O)c2c(c(C(=O)O)[n+]1[O-])CCN(Cc1ccc(F)c(Cl)c1)C2=O. The monoisotopic (exact) mass is 394 g/mol. The minimum absolute atomic E-state index is 0.0191. The van der Waals surface area contributed by atoms with E-state index in [2.05, 4.69) is 0 Å². The molecule has 1 aromatic carbocycles. The maximum absolute atomic E-state index is 13.3. The van der Waals surface area contributed by atoms with Crippen molar-refractivity contribution in [1.82, 2.24) is 4.90 Å². The lowest BCUT2D eigenvalue weighted by atomic mass is 9.94. The lowest BCUT2D eigenvalue weighted by molar-refractivity contribution is -0.617. The highest BCUT2D eigenvalue weighted by Crippen LogP contribution is 2.32. The van der Waals surface area contributed by atoms with Gasteiger partial charge in [-0.1, -0.05) is 24.6 Å². The Morgan fingerprint density at radius 3 is 2.74 bits per heavy atom. The summed E-state index contributed by atoms with van der Waals surface area (Å²) in [6.45, 7) is 1.83. The van der Waals surface area contributed by atoms with E-state index in [-0.39, 0.29) is 52.5 Å². The van der Waals surface area contributed by atoms with Crippen LogP contribution in [-0.4, -0.2) is 33.5 Å². The van der Waals surface area contributed by atoms with Gasteiger partial charge in [-0.05, 0) is 24.1 Å². The number of carboxylic acids is 1. The van der Waals surface area contributed by atoms with Crippen molar-refractivity contribution in [2.75, 3.05) is 6.54 Å². The number of aromatic carboxylic acids is 1. The van der Waals surface area contributed by atoms with E-state index < -0.39 is 29.1 Å². The summed E-state index contributed by atoms with van der Waals surface area (Å²) in [5.41, 5.74) is -0.285. The quantitative estimate of drug-likeness (QED) is 0.611. The zero-order chi connectivity index (χ0) is 19.9. The smallest absolute Gasteiger partial charge is 0.402 e. The first-order valence-corrected chi connectivity index (χ1v) is 8.60. The van der Waals surface area contributed by atoms with Gasteiger partial charge in [0.15, 0.2) is 5.75 Å². The molecule has 7 nitrogen and oxygen atoms in total. The molecular formula is C18H16ClFN2O5. The Balaban J connectivity index is 2.05. The summed E-state index contributed by atoms with van der Waals surface area (Å²) in [7, 11) is 0. The molecule has 1 aromatic heterocycles. The van der Waals surface area contributed by atoms with Gasteiger partial charge in [0, 0.05) is 19.5 Å². The zero-order valence-corrected chi connectivity index (χ0v) is 15.1. The summed E-state index contributed by atoms with van der Waals surface area (Å²) in [5, 5.41) is 32.0. The third kappa shape index (κ3) is 3.16. The first-order valence-electron chi connectivity index (χ1n) is 8.23. The number of hydrogen-bond acceptors (Lipinski definition) is 4. The molecule has 2 aromatic rings. The van der Waals surface area contributed by atoms with Gasteiger partial charge >= 0.3 is 11.7 Å². The van der Waals surface area contributed by atoms with E-state index >= 15 is 0 Å². The predicted molar refractivity (Wildman–Crippen MR) is 93.3 cm³/mol. The van der Waals surface area contributed by atoms with Gasteiger partial charge in [0.25, 0.3) is 5.91 Å². The number of carbonyl (C=O) groups is 2. The van der Waals surface area contributed by atoms with Crippen LogP contribution in [0.3, 0.4) is 0 Å². The topological polar surface area (TPSA) is 105 Å². The van der Waals surface area contributed by atoms with Crippen molar-refractivity contribution in [1.29, 1.82) is 0 Å². The maximum atomic E-state index is 13.3. The molecule has 1 aliphatic heterocycles. The molecule has 0 aliphatic carbocycles. The lowest BCUT2D eigenvalue weighted by Gasteiger charge is -2.29. The summed E-state index contributed by atoms with van der Waals surface area (Å²) in [6, 6.07) is 4.08. The largest absolute Gasteiger partial charge is 0.618 e. The fraction of sp³-hybridized carbons (Fsp3) is 0.278. The number of fused-ring (bicyclic) bond motifs is 1. The van der Waals surface area contributed by atoms with E-state index in [1.165, 1.54) is 23.1 Å². The third-order valence-electron chi connectivity index (χ3n) is 4.57. The number of pyridine rings is 1. The van der Waals surface area contributed by atoms with E-state index in [4.69, 9.17) is 11.6 Å². The highest BCUT2D eigenvalue weighted by Gasteiger charge is 2.38. The molecule has 9 heteroatoms. The molecule has 27 heavy (non-hydrogen) atoms. The van der Waals surface area contributed by atoms with Crippen LogP contribution in [-0.2, 0) is 19.4 Å². The Bertz CT molecular complexity index is 963. The van der Waals surface area contributed by atoms with Gasteiger partial charge in [-0.15, -0.1) is 0 Å². The Morgan fingerprint density at radius 1 is 1.44 bits per heavy atom. The maximum Gasteiger partial charge on any atom is 0.402 e. The minimum atomic E-state index is -1.46. The van der Waals surface area contributed by atoms with Gasteiger partial charge in [0.2, 0.25) is 5.69 Å². The third-order valence-corrected chi connectivity index (χ3v) is 4.86. The highest BCUT2D eigenvalue weighted by molar-refractivity contribution is 6.30. The molecule has 2 heterocycles.